The van der Waals surface area contributed by atoms with Gasteiger partial charge in [-0.3, -0.25) is 4.79 Å². The van der Waals surface area contributed by atoms with E-state index in [1.165, 1.54) is 0 Å². The zero-order valence-corrected chi connectivity index (χ0v) is 12.6. The van der Waals surface area contributed by atoms with Crippen molar-refractivity contribution in [2.45, 2.75) is 13.3 Å². The molecular weight excluding hydrogens is 286 g/mol. The van der Waals surface area contributed by atoms with Crippen molar-refractivity contribution in [3.63, 3.8) is 0 Å². The van der Waals surface area contributed by atoms with Gasteiger partial charge in [0.05, 0.1) is 5.75 Å². The summed E-state index contributed by atoms with van der Waals surface area (Å²) in [5, 5.41) is 3.29. The number of nitrogens with one attached hydrogen (secondary N) is 1. The minimum Gasteiger partial charge on any atom is -0.355 e. The molecule has 0 aliphatic rings. The molecule has 0 saturated heterocycles. The lowest BCUT2D eigenvalue weighted by molar-refractivity contribution is -0.124. The first-order valence-corrected chi connectivity index (χ1v) is 8.41. The second-order valence-electron chi connectivity index (χ2n) is 4.65. The van der Waals surface area contributed by atoms with E-state index in [9.17, 15) is 13.2 Å². The summed E-state index contributed by atoms with van der Waals surface area (Å²) < 4.78 is 21.9. The molecule has 0 saturated carbocycles. The summed E-state index contributed by atoms with van der Waals surface area (Å²) in [6.45, 7) is 1.97. The predicted molar refractivity (Wildman–Crippen MR) is 77.0 cm³/mol. The van der Waals surface area contributed by atoms with Crippen LogP contribution in [0.15, 0.2) is 24.3 Å². The van der Waals surface area contributed by atoms with Crippen LogP contribution >= 0.6 is 11.6 Å². The summed E-state index contributed by atoms with van der Waals surface area (Å²) in [7, 11) is -3.04. The molecule has 1 atom stereocenters. The summed E-state index contributed by atoms with van der Waals surface area (Å²) in [5.41, 5.74) is 1.02. The number of benzene rings is 1. The van der Waals surface area contributed by atoms with Crippen molar-refractivity contribution in [2.24, 2.45) is 5.92 Å². The molecule has 0 bridgehead atoms. The number of sulfone groups is 1. The van der Waals surface area contributed by atoms with E-state index in [4.69, 9.17) is 11.6 Å². The largest absolute Gasteiger partial charge is 0.355 e. The Morgan fingerprint density at radius 2 is 1.89 bits per heavy atom. The maximum atomic E-state index is 11.8. The average molecular weight is 304 g/mol. The van der Waals surface area contributed by atoms with Gasteiger partial charge in [-0.2, -0.15) is 0 Å². The smallest absolute Gasteiger partial charge is 0.223 e. The van der Waals surface area contributed by atoms with Gasteiger partial charge in [-0.05, 0) is 24.1 Å². The number of hydrogen-bond donors (Lipinski definition) is 1. The third-order valence-corrected chi connectivity index (χ3v) is 3.87. The number of carbonyl (C=O) groups excluding carboxylic acids is 1. The number of amides is 1. The highest BCUT2D eigenvalue weighted by atomic mass is 35.5. The highest BCUT2D eigenvalue weighted by molar-refractivity contribution is 7.90. The van der Waals surface area contributed by atoms with Gasteiger partial charge in [-0.15, -0.1) is 0 Å². The SMILES string of the molecule is CC(Cc1ccc(Cl)cc1)C(=O)NCCS(C)(=O)=O. The van der Waals surface area contributed by atoms with Crippen LogP contribution in [0.2, 0.25) is 5.02 Å². The maximum absolute atomic E-state index is 11.8. The molecule has 0 fully saturated rings. The van der Waals surface area contributed by atoms with E-state index in [-0.39, 0.29) is 24.1 Å². The van der Waals surface area contributed by atoms with E-state index in [0.29, 0.717) is 11.4 Å². The third-order valence-electron chi connectivity index (χ3n) is 2.67. The van der Waals surface area contributed by atoms with Crippen LogP contribution in [0.3, 0.4) is 0 Å². The van der Waals surface area contributed by atoms with Crippen LogP contribution in [0.25, 0.3) is 0 Å². The second-order valence-corrected chi connectivity index (χ2v) is 7.35. The van der Waals surface area contributed by atoms with Gasteiger partial charge in [0.25, 0.3) is 0 Å². The number of carbonyl (C=O) groups is 1. The molecule has 1 aromatic carbocycles. The van der Waals surface area contributed by atoms with E-state index >= 15 is 0 Å². The molecule has 0 heterocycles. The van der Waals surface area contributed by atoms with Crippen molar-refractivity contribution >= 4 is 27.3 Å². The minimum absolute atomic E-state index is 0.0353. The standard InChI is InChI=1S/C13H18ClNO3S/c1-10(9-11-3-5-12(14)6-4-11)13(16)15-7-8-19(2,17)18/h3-6,10H,7-9H2,1-2H3,(H,15,16). The monoisotopic (exact) mass is 303 g/mol. The summed E-state index contributed by atoms with van der Waals surface area (Å²) in [6, 6.07) is 7.32. The Morgan fingerprint density at radius 1 is 1.32 bits per heavy atom. The normalized spacial score (nSPS) is 13.0. The van der Waals surface area contributed by atoms with Crippen molar-refractivity contribution in [1.82, 2.24) is 5.32 Å². The number of halogens is 1. The van der Waals surface area contributed by atoms with Gasteiger partial charge in [-0.1, -0.05) is 30.7 Å². The molecule has 19 heavy (non-hydrogen) atoms. The first kappa shape index (κ1) is 16.0. The van der Waals surface area contributed by atoms with Gasteiger partial charge in [0, 0.05) is 23.7 Å². The van der Waals surface area contributed by atoms with Crippen LogP contribution in [0.5, 0.6) is 0 Å². The average Bonchev–Trinajstić information content (AvgIpc) is 2.30. The van der Waals surface area contributed by atoms with Crippen molar-refractivity contribution < 1.29 is 13.2 Å². The Morgan fingerprint density at radius 3 is 2.42 bits per heavy atom. The van der Waals surface area contributed by atoms with Crippen molar-refractivity contribution in [2.75, 3.05) is 18.6 Å². The summed E-state index contributed by atoms with van der Waals surface area (Å²) >= 11 is 5.79. The predicted octanol–water partition coefficient (Wildman–Crippen LogP) is 1.68. The van der Waals surface area contributed by atoms with Crippen LogP contribution in [-0.2, 0) is 21.1 Å². The second kappa shape index (κ2) is 6.91. The Bertz CT molecular complexity index is 525. The molecule has 1 N–H and O–H groups in total. The Hall–Kier alpha value is -1.07. The van der Waals surface area contributed by atoms with Crippen molar-refractivity contribution in [3.05, 3.63) is 34.9 Å². The molecule has 0 aromatic heterocycles. The molecule has 4 nitrogen and oxygen atoms in total. The molecule has 1 unspecified atom stereocenters. The highest BCUT2D eigenvalue weighted by Crippen LogP contribution is 2.13. The number of rotatable bonds is 6. The minimum atomic E-state index is -3.04. The molecule has 1 aromatic rings. The quantitative estimate of drug-likeness (QED) is 0.869. The van der Waals surface area contributed by atoms with Gasteiger partial charge < -0.3 is 5.32 Å². The van der Waals surface area contributed by atoms with Crippen LogP contribution in [-0.4, -0.2) is 32.9 Å². The first-order chi connectivity index (χ1) is 8.78. The van der Waals surface area contributed by atoms with Gasteiger partial charge in [-0.25, -0.2) is 8.42 Å². The van der Waals surface area contributed by atoms with E-state index < -0.39 is 9.84 Å². The molecule has 0 aliphatic carbocycles. The van der Waals surface area contributed by atoms with Crippen LogP contribution in [0.1, 0.15) is 12.5 Å². The van der Waals surface area contributed by atoms with Crippen LogP contribution in [0.4, 0.5) is 0 Å². The Balaban J connectivity index is 2.42. The fourth-order valence-corrected chi connectivity index (χ4v) is 2.20. The molecule has 0 spiro atoms. The highest BCUT2D eigenvalue weighted by Gasteiger charge is 2.13. The van der Waals surface area contributed by atoms with E-state index in [0.717, 1.165) is 11.8 Å². The molecule has 106 valence electrons. The number of hydrogen-bond acceptors (Lipinski definition) is 3. The van der Waals surface area contributed by atoms with Crippen LogP contribution in [0, 0.1) is 5.92 Å². The van der Waals surface area contributed by atoms with Gasteiger partial charge >= 0.3 is 0 Å². The first-order valence-electron chi connectivity index (χ1n) is 5.98. The lowest BCUT2D eigenvalue weighted by Gasteiger charge is -2.12. The van der Waals surface area contributed by atoms with Crippen molar-refractivity contribution in [1.29, 1.82) is 0 Å². The fraction of sp³-hybridized carbons (Fsp3) is 0.462. The summed E-state index contributed by atoms with van der Waals surface area (Å²) in [5.74, 6) is -0.383. The zero-order chi connectivity index (χ0) is 14.5. The van der Waals surface area contributed by atoms with Crippen LogP contribution < -0.4 is 5.32 Å². The van der Waals surface area contributed by atoms with Gasteiger partial charge in [0.15, 0.2) is 0 Å². The topological polar surface area (TPSA) is 63.2 Å². The van der Waals surface area contributed by atoms with Crippen molar-refractivity contribution in [3.8, 4) is 0 Å². The zero-order valence-electron chi connectivity index (χ0n) is 11.0. The van der Waals surface area contributed by atoms with E-state index in [1.807, 2.05) is 19.1 Å². The molecular formula is C13H18ClNO3S. The third kappa shape index (κ3) is 6.59. The molecule has 0 radical (unpaired) electrons. The van der Waals surface area contributed by atoms with Gasteiger partial charge in [0.2, 0.25) is 5.91 Å². The molecule has 0 aliphatic heterocycles. The maximum Gasteiger partial charge on any atom is 0.223 e. The molecule has 1 rings (SSSR count). The Kier molecular flexibility index (Phi) is 5.82. The fourth-order valence-electron chi connectivity index (χ4n) is 1.60. The summed E-state index contributed by atoms with van der Waals surface area (Å²) in [4.78, 5) is 11.8. The lowest BCUT2D eigenvalue weighted by Crippen LogP contribution is -2.33. The van der Waals surface area contributed by atoms with E-state index in [2.05, 4.69) is 5.32 Å². The van der Waals surface area contributed by atoms with E-state index in [1.54, 1.807) is 12.1 Å². The lowest BCUT2D eigenvalue weighted by atomic mass is 10.0. The summed E-state index contributed by atoms with van der Waals surface area (Å²) in [6.07, 6.45) is 1.75. The molecule has 1 amide bonds. The molecule has 6 heteroatoms. The Labute approximate surface area is 119 Å². The van der Waals surface area contributed by atoms with Gasteiger partial charge in [0.1, 0.15) is 9.84 Å².